The second-order valence-corrected chi connectivity index (χ2v) is 5.31. The van der Waals surface area contributed by atoms with Crippen molar-refractivity contribution in [2.24, 2.45) is 0 Å². The fourth-order valence-corrected chi connectivity index (χ4v) is 2.41. The van der Waals surface area contributed by atoms with E-state index >= 15 is 0 Å². The summed E-state index contributed by atoms with van der Waals surface area (Å²) < 4.78 is 77.7. The molecule has 0 unspecified atom stereocenters. The summed E-state index contributed by atoms with van der Waals surface area (Å²) in [5.74, 6) is 0. The number of hydrogen-bond donors (Lipinski definition) is 1. The normalized spacial score (nSPS) is 12.3. The van der Waals surface area contributed by atoms with Gasteiger partial charge in [0.25, 0.3) is 5.69 Å². The third-order valence-corrected chi connectivity index (χ3v) is 3.57. The first-order valence-corrected chi connectivity index (χ1v) is 6.72. The zero-order valence-electron chi connectivity index (χ0n) is 11.9. The SMILES string of the molecule is Nc1cc(Cl)c(-c2ccc(C(F)(F)F)cc2C(F)(F)F)cc1[N+](=O)[O-]. The van der Waals surface area contributed by atoms with Crippen LogP contribution in [0.5, 0.6) is 0 Å². The Hall–Kier alpha value is -2.49. The van der Waals surface area contributed by atoms with Gasteiger partial charge in [-0.1, -0.05) is 17.7 Å². The van der Waals surface area contributed by atoms with E-state index in [1.807, 2.05) is 0 Å². The fourth-order valence-electron chi connectivity index (χ4n) is 2.13. The number of nitro groups is 1. The van der Waals surface area contributed by atoms with Crippen LogP contribution in [0.15, 0.2) is 30.3 Å². The van der Waals surface area contributed by atoms with Crippen molar-refractivity contribution in [2.45, 2.75) is 12.4 Å². The van der Waals surface area contributed by atoms with Gasteiger partial charge < -0.3 is 5.73 Å². The number of nitrogen functional groups attached to an aromatic ring is 1. The molecule has 0 aliphatic heterocycles. The lowest BCUT2D eigenvalue weighted by Crippen LogP contribution is -2.12. The molecule has 2 aromatic carbocycles. The topological polar surface area (TPSA) is 69.2 Å². The van der Waals surface area contributed by atoms with Crippen molar-refractivity contribution in [3.05, 3.63) is 56.6 Å². The Kier molecular flexibility index (Phi) is 4.60. The number of rotatable bonds is 2. The molecule has 25 heavy (non-hydrogen) atoms. The van der Waals surface area contributed by atoms with Gasteiger partial charge in [0.1, 0.15) is 5.69 Å². The van der Waals surface area contributed by atoms with Gasteiger partial charge >= 0.3 is 12.4 Å². The predicted molar refractivity (Wildman–Crippen MR) is 78.0 cm³/mol. The van der Waals surface area contributed by atoms with Crippen molar-refractivity contribution in [1.82, 2.24) is 0 Å². The van der Waals surface area contributed by atoms with Crippen molar-refractivity contribution in [2.75, 3.05) is 5.73 Å². The highest BCUT2D eigenvalue weighted by Crippen LogP contribution is 2.44. The minimum Gasteiger partial charge on any atom is -0.393 e. The Labute approximate surface area is 141 Å². The number of nitrogens with zero attached hydrogens (tertiary/aromatic N) is 1. The molecule has 0 fully saturated rings. The van der Waals surface area contributed by atoms with Crippen LogP contribution in [-0.2, 0) is 12.4 Å². The van der Waals surface area contributed by atoms with Gasteiger partial charge in [0.05, 0.1) is 21.1 Å². The van der Waals surface area contributed by atoms with Crippen LogP contribution in [0.25, 0.3) is 11.1 Å². The molecule has 0 heterocycles. The first kappa shape index (κ1) is 18.8. The summed E-state index contributed by atoms with van der Waals surface area (Å²) in [7, 11) is 0. The van der Waals surface area contributed by atoms with Gasteiger partial charge in [-0.15, -0.1) is 0 Å². The van der Waals surface area contributed by atoms with Crippen LogP contribution in [0.2, 0.25) is 5.02 Å². The van der Waals surface area contributed by atoms with Crippen LogP contribution < -0.4 is 5.73 Å². The minimum atomic E-state index is -5.14. The molecule has 0 atom stereocenters. The Morgan fingerprint density at radius 3 is 2.04 bits per heavy atom. The number of hydrogen-bond acceptors (Lipinski definition) is 3. The second-order valence-electron chi connectivity index (χ2n) is 4.90. The lowest BCUT2D eigenvalue weighted by molar-refractivity contribution is -0.383. The highest BCUT2D eigenvalue weighted by Gasteiger charge is 2.39. The quantitative estimate of drug-likeness (QED) is 0.320. The average molecular weight is 385 g/mol. The molecule has 0 spiro atoms. The van der Waals surface area contributed by atoms with E-state index in [1.165, 1.54) is 0 Å². The Bertz CT molecular complexity index is 848. The first-order valence-electron chi connectivity index (χ1n) is 6.34. The van der Waals surface area contributed by atoms with Crippen molar-refractivity contribution >= 4 is 23.0 Å². The third-order valence-electron chi connectivity index (χ3n) is 3.26. The number of halogens is 7. The molecule has 11 heteroatoms. The smallest absolute Gasteiger partial charge is 0.393 e. The van der Waals surface area contributed by atoms with E-state index < -0.39 is 45.2 Å². The Balaban J connectivity index is 2.80. The van der Waals surface area contributed by atoms with Gasteiger partial charge in [0, 0.05) is 11.6 Å². The second kappa shape index (κ2) is 6.10. The van der Waals surface area contributed by atoms with Crippen molar-refractivity contribution in [1.29, 1.82) is 0 Å². The van der Waals surface area contributed by atoms with E-state index in [2.05, 4.69) is 0 Å². The maximum Gasteiger partial charge on any atom is 0.417 e. The molecule has 0 amide bonds. The highest BCUT2D eigenvalue weighted by molar-refractivity contribution is 6.33. The maximum atomic E-state index is 13.2. The first-order chi connectivity index (χ1) is 11.3. The molecule has 2 N–H and O–H groups in total. The van der Waals surface area contributed by atoms with E-state index in [9.17, 15) is 36.5 Å². The number of alkyl halides is 6. The fraction of sp³-hybridized carbons (Fsp3) is 0.143. The molecular weight excluding hydrogens is 378 g/mol. The molecule has 134 valence electrons. The molecule has 0 radical (unpaired) electrons. The molecule has 0 bridgehead atoms. The van der Waals surface area contributed by atoms with Crippen molar-refractivity contribution in [3.63, 3.8) is 0 Å². The standard InChI is InChI=1S/C14H7ClF6N2O2/c15-10-5-11(22)12(23(24)25)4-8(10)7-2-1-6(13(16,17)18)3-9(7)14(19,20)21/h1-5H,22H2. The van der Waals surface area contributed by atoms with Gasteiger partial charge in [-0.2, -0.15) is 26.3 Å². The van der Waals surface area contributed by atoms with Crippen LogP contribution in [-0.4, -0.2) is 4.92 Å². The van der Waals surface area contributed by atoms with Crippen LogP contribution in [0.4, 0.5) is 37.7 Å². The monoisotopic (exact) mass is 384 g/mol. The number of anilines is 1. The average Bonchev–Trinajstić information content (AvgIpc) is 2.44. The van der Waals surface area contributed by atoms with E-state index in [1.54, 1.807) is 0 Å². The maximum absolute atomic E-state index is 13.2. The van der Waals surface area contributed by atoms with Gasteiger partial charge in [-0.3, -0.25) is 10.1 Å². The van der Waals surface area contributed by atoms with Crippen LogP contribution in [0.1, 0.15) is 11.1 Å². The lowest BCUT2D eigenvalue weighted by Gasteiger charge is -2.17. The largest absolute Gasteiger partial charge is 0.417 e. The summed E-state index contributed by atoms with van der Waals surface area (Å²) in [5.41, 5.74) is -0.0424. The van der Waals surface area contributed by atoms with Crippen LogP contribution >= 0.6 is 11.6 Å². The summed E-state index contributed by atoms with van der Waals surface area (Å²) in [5, 5.41) is 10.5. The zero-order valence-corrected chi connectivity index (χ0v) is 12.6. The summed E-state index contributed by atoms with van der Waals surface area (Å²) >= 11 is 5.80. The van der Waals surface area contributed by atoms with Gasteiger partial charge in [0.2, 0.25) is 0 Å². The minimum absolute atomic E-state index is 0.0755. The van der Waals surface area contributed by atoms with Crippen LogP contribution in [0, 0.1) is 10.1 Å². The van der Waals surface area contributed by atoms with E-state index in [-0.39, 0.29) is 16.8 Å². The van der Waals surface area contributed by atoms with Crippen molar-refractivity contribution < 1.29 is 31.3 Å². The van der Waals surface area contributed by atoms with E-state index in [4.69, 9.17) is 17.3 Å². The number of nitro benzene ring substituents is 1. The molecule has 2 aromatic rings. The molecule has 0 aliphatic rings. The molecule has 0 saturated heterocycles. The summed E-state index contributed by atoms with van der Waals surface area (Å²) in [4.78, 5) is 9.96. The van der Waals surface area contributed by atoms with E-state index in [0.717, 1.165) is 6.07 Å². The lowest BCUT2D eigenvalue weighted by atomic mass is 9.96. The molecule has 2 rings (SSSR count). The third kappa shape index (κ3) is 3.78. The van der Waals surface area contributed by atoms with Crippen LogP contribution in [0.3, 0.4) is 0 Å². The molecule has 0 saturated carbocycles. The number of benzene rings is 2. The van der Waals surface area contributed by atoms with Gasteiger partial charge in [-0.05, 0) is 23.8 Å². The Morgan fingerprint density at radius 2 is 1.56 bits per heavy atom. The number of nitrogens with two attached hydrogens (primary N) is 1. The molecule has 0 aromatic heterocycles. The molecule has 0 aliphatic carbocycles. The summed E-state index contributed by atoms with van der Waals surface area (Å²) in [6, 6.07) is 2.48. The summed E-state index contributed by atoms with van der Waals surface area (Å²) in [6.07, 6.45) is -10.1. The van der Waals surface area contributed by atoms with E-state index in [0.29, 0.717) is 18.2 Å². The molecule has 4 nitrogen and oxygen atoms in total. The zero-order chi connectivity index (χ0) is 19.2. The van der Waals surface area contributed by atoms with Crippen molar-refractivity contribution in [3.8, 4) is 11.1 Å². The summed E-state index contributed by atoms with van der Waals surface area (Å²) in [6.45, 7) is 0. The highest BCUT2D eigenvalue weighted by atomic mass is 35.5. The van der Waals surface area contributed by atoms with Gasteiger partial charge in [-0.25, -0.2) is 0 Å². The molecular formula is C14H7ClF6N2O2. The van der Waals surface area contributed by atoms with Gasteiger partial charge in [0.15, 0.2) is 0 Å². The Morgan fingerprint density at radius 1 is 0.960 bits per heavy atom. The predicted octanol–water partition coefficient (Wildman–Crippen LogP) is 5.54.